The molecule has 1 aliphatic rings. The van der Waals surface area contributed by atoms with Gasteiger partial charge in [-0.15, -0.1) is 0 Å². The summed E-state index contributed by atoms with van der Waals surface area (Å²) in [6.07, 6.45) is 4.88. The number of hydrogen-bond donors (Lipinski definition) is 1. The Morgan fingerprint density at radius 3 is 2.45 bits per heavy atom. The van der Waals surface area contributed by atoms with Gasteiger partial charge in [-0.05, 0) is 37.4 Å². The van der Waals surface area contributed by atoms with Crippen molar-refractivity contribution < 1.29 is 4.74 Å². The van der Waals surface area contributed by atoms with Crippen molar-refractivity contribution in [2.75, 3.05) is 6.54 Å². The first-order chi connectivity index (χ1) is 9.71. The van der Waals surface area contributed by atoms with Gasteiger partial charge in [0.25, 0.3) is 0 Å². The molecule has 20 heavy (non-hydrogen) atoms. The molecule has 0 spiro atoms. The summed E-state index contributed by atoms with van der Waals surface area (Å²) >= 11 is 0. The van der Waals surface area contributed by atoms with E-state index in [9.17, 15) is 0 Å². The third-order valence-corrected chi connectivity index (χ3v) is 5.17. The Bertz CT molecular complexity index is 425. The van der Waals surface area contributed by atoms with Gasteiger partial charge >= 0.3 is 0 Å². The number of ether oxygens (including phenoxy) is 1. The van der Waals surface area contributed by atoms with E-state index in [1.165, 1.54) is 18.4 Å². The molecule has 0 amide bonds. The Labute approximate surface area is 123 Å². The van der Waals surface area contributed by atoms with Gasteiger partial charge in [-0.3, -0.25) is 0 Å². The van der Waals surface area contributed by atoms with E-state index in [0.717, 1.165) is 25.1 Å². The maximum Gasteiger partial charge on any atom is 0.122 e. The average Bonchev–Trinajstić information content (AvgIpc) is 2.48. The maximum atomic E-state index is 6.41. The van der Waals surface area contributed by atoms with E-state index in [1.807, 2.05) is 0 Å². The molecule has 0 radical (unpaired) electrons. The lowest BCUT2D eigenvalue weighted by atomic mass is 9.58. The molecule has 2 rings (SSSR count). The van der Waals surface area contributed by atoms with Crippen LogP contribution in [0.25, 0.3) is 0 Å². The lowest BCUT2D eigenvalue weighted by Crippen LogP contribution is -2.64. The van der Waals surface area contributed by atoms with E-state index in [1.54, 1.807) is 0 Å². The van der Waals surface area contributed by atoms with Gasteiger partial charge in [0.15, 0.2) is 0 Å². The molecule has 2 heteroatoms. The second-order valence-electron chi connectivity index (χ2n) is 5.85. The number of aryl methyl sites for hydroxylation is 1. The first-order valence-corrected chi connectivity index (χ1v) is 8.19. The summed E-state index contributed by atoms with van der Waals surface area (Å²) in [5, 5.41) is 3.64. The van der Waals surface area contributed by atoms with E-state index >= 15 is 0 Å². The summed E-state index contributed by atoms with van der Waals surface area (Å²) in [4.78, 5) is 0. The fourth-order valence-electron chi connectivity index (χ4n) is 3.71. The lowest BCUT2D eigenvalue weighted by Gasteiger charge is -2.55. The number of rotatable bonds is 7. The van der Waals surface area contributed by atoms with E-state index < -0.39 is 0 Å². The van der Waals surface area contributed by atoms with Crippen LogP contribution in [-0.2, 0) is 6.42 Å². The SMILES string of the molecule is CCNC1CC(Oc2ccccc2CC)C1(CC)CC. The second-order valence-corrected chi connectivity index (χ2v) is 5.85. The van der Waals surface area contributed by atoms with Crippen LogP contribution in [0.4, 0.5) is 0 Å². The van der Waals surface area contributed by atoms with E-state index in [-0.39, 0.29) is 0 Å². The third-order valence-electron chi connectivity index (χ3n) is 5.17. The van der Waals surface area contributed by atoms with Crippen LogP contribution in [0.2, 0.25) is 0 Å². The summed E-state index contributed by atoms with van der Waals surface area (Å²) < 4.78 is 6.41. The molecule has 0 heterocycles. The van der Waals surface area contributed by atoms with Crippen molar-refractivity contribution in [2.24, 2.45) is 5.41 Å². The van der Waals surface area contributed by atoms with Gasteiger partial charge in [0.1, 0.15) is 11.9 Å². The van der Waals surface area contributed by atoms with E-state index in [2.05, 4.69) is 57.3 Å². The van der Waals surface area contributed by atoms with Crippen LogP contribution < -0.4 is 10.1 Å². The maximum absolute atomic E-state index is 6.41. The highest BCUT2D eigenvalue weighted by Gasteiger charge is 2.53. The standard InChI is InChI=1S/C18H29NO/c1-5-14-11-9-10-12-15(14)20-17-13-16(19-8-4)18(17,6-2)7-3/h9-12,16-17,19H,5-8,13H2,1-4H3. The minimum absolute atomic E-state index is 0.302. The molecule has 1 fully saturated rings. The van der Waals surface area contributed by atoms with Gasteiger partial charge in [-0.25, -0.2) is 0 Å². The Kier molecular flexibility index (Phi) is 5.09. The molecular formula is C18H29NO. The molecule has 0 aliphatic heterocycles. The van der Waals surface area contributed by atoms with Crippen molar-refractivity contribution in [2.45, 2.75) is 65.5 Å². The highest BCUT2D eigenvalue weighted by molar-refractivity contribution is 5.34. The number of nitrogens with one attached hydrogen (secondary N) is 1. The molecule has 0 aromatic heterocycles. The minimum atomic E-state index is 0.302. The predicted octanol–water partition coefficient (Wildman–Crippen LogP) is 4.18. The van der Waals surface area contributed by atoms with Crippen LogP contribution in [0, 0.1) is 5.41 Å². The van der Waals surface area contributed by atoms with Crippen molar-refractivity contribution in [1.29, 1.82) is 0 Å². The minimum Gasteiger partial charge on any atom is -0.489 e. The first kappa shape index (κ1) is 15.4. The monoisotopic (exact) mass is 275 g/mol. The number of hydrogen-bond acceptors (Lipinski definition) is 2. The van der Waals surface area contributed by atoms with Crippen LogP contribution >= 0.6 is 0 Å². The van der Waals surface area contributed by atoms with Gasteiger partial charge in [0.2, 0.25) is 0 Å². The quantitative estimate of drug-likeness (QED) is 0.806. The highest BCUT2D eigenvalue weighted by Crippen LogP contribution is 2.49. The summed E-state index contributed by atoms with van der Waals surface area (Å²) in [6, 6.07) is 9.08. The number of para-hydroxylation sites is 1. The zero-order valence-electron chi connectivity index (χ0n) is 13.4. The van der Waals surface area contributed by atoms with Crippen LogP contribution in [0.3, 0.4) is 0 Å². The van der Waals surface area contributed by atoms with Gasteiger partial charge < -0.3 is 10.1 Å². The molecule has 2 atom stereocenters. The summed E-state index contributed by atoms with van der Waals surface area (Å²) in [6.45, 7) is 10.0. The molecule has 1 saturated carbocycles. The van der Waals surface area contributed by atoms with E-state index in [4.69, 9.17) is 4.74 Å². The third kappa shape index (κ3) is 2.58. The summed E-state index contributed by atoms with van der Waals surface area (Å²) in [7, 11) is 0. The lowest BCUT2D eigenvalue weighted by molar-refractivity contribution is -0.0857. The van der Waals surface area contributed by atoms with Crippen LogP contribution in [-0.4, -0.2) is 18.7 Å². The first-order valence-electron chi connectivity index (χ1n) is 8.19. The topological polar surface area (TPSA) is 21.3 Å². The largest absolute Gasteiger partial charge is 0.489 e. The fraction of sp³-hybridized carbons (Fsp3) is 0.667. The van der Waals surface area contributed by atoms with Gasteiger partial charge in [-0.2, -0.15) is 0 Å². The molecule has 0 saturated heterocycles. The fourth-order valence-corrected chi connectivity index (χ4v) is 3.71. The molecule has 2 nitrogen and oxygen atoms in total. The average molecular weight is 275 g/mol. The van der Waals surface area contributed by atoms with Crippen LogP contribution in [0.5, 0.6) is 5.75 Å². The molecule has 1 aliphatic carbocycles. The van der Waals surface area contributed by atoms with Crippen LogP contribution in [0.1, 0.15) is 52.5 Å². The zero-order valence-corrected chi connectivity index (χ0v) is 13.4. The molecule has 2 unspecified atom stereocenters. The normalized spacial score (nSPS) is 24.2. The molecule has 112 valence electrons. The van der Waals surface area contributed by atoms with Gasteiger partial charge in [-0.1, -0.05) is 45.9 Å². The van der Waals surface area contributed by atoms with Gasteiger partial charge in [0.05, 0.1) is 0 Å². The van der Waals surface area contributed by atoms with E-state index in [0.29, 0.717) is 17.6 Å². The smallest absolute Gasteiger partial charge is 0.122 e. The molecule has 0 bridgehead atoms. The van der Waals surface area contributed by atoms with Crippen molar-refractivity contribution in [3.8, 4) is 5.75 Å². The predicted molar refractivity (Wildman–Crippen MR) is 85.3 cm³/mol. The molecular weight excluding hydrogens is 246 g/mol. The Hall–Kier alpha value is -1.02. The van der Waals surface area contributed by atoms with Crippen LogP contribution in [0.15, 0.2) is 24.3 Å². The Morgan fingerprint density at radius 2 is 1.85 bits per heavy atom. The zero-order chi connectivity index (χ0) is 14.6. The highest BCUT2D eigenvalue weighted by atomic mass is 16.5. The van der Waals surface area contributed by atoms with Crippen molar-refractivity contribution in [1.82, 2.24) is 5.32 Å². The summed E-state index contributed by atoms with van der Waals surface area (Å²) in [5.74, 6) is 1.08. The van der Waals surface area contributed by atoms with Crippen molar-refractivity contribution in [3.05, 3.63) is 29.8 Å². The Morgan fingerprint density at radius 1 is 1.15 bits per heavy atom. The summed E-state index contributed by atoms with van der Waals surface area (Å²) in [5.41, 5.74) is 1.62. The van der Waals surface area contributed by atoms with Crippen molar-refractivity contribution >= 4 is 0 Å². The molecule has 1 N–H and O–H groups in total. The van der Waals surface area contributed by atoms with Crippen molar-refractivity contribution in [3.63, 3.8) is 0 Å². The molecule has 1 aromatic rings. The second kappa shape index (κ2) is 6.62. The molecule has 1 aromatic carbocycles. The van der Waals surface area contributed by atoms with Gasteiger partial charge in [0, 0.05) is 17.9 Å². The Balaban J connectivity index is 2.13. The number of benzene rings is 1.